The topological polar surface area (TPSA) is 84.7 Å². The SMILES string of the molecule is NC(=O)c1ccccc1OCc1cccc(C(=O)NC2CCN(Cc3ccc(F)cc3)CC2)c1. The Morgan fingerprint density at radius 1 is 0.971 bits per heavy atom. The number of ether oxygens (including phenoxy) is 1. The summed E-state index contributed by atoms with van der Waals surface area (Å²) in [6.07, 6.45) is 1.72. The molecule has 6 nitrogen and oxygen atoms in total. The van der Waals surface area contributed by atoms with Crippen molar-refractivity contribution in [2.24, 2.45) is 5.73 Å². The normalized spacial score (nSPS) is 14.5. The predicted molar refractivity (Wildman–Crippen MR) is 128 cm³/mol. The van der Waals surface area contributed by atoms with E-state index in [4.69, 9.17) is 10.5 Å². The second-order valence-electron chi connectivity index (χ2n) is 8.50. The molecule has 7 heteroatoms. The molecule has 0 unspecified atom stereocenters. The number of benzene rings is 3. The van der Waals surface area contributed by atoms with Crippen LogP contribution >= 0.6 is 0 Å². The lowest BCUT2D eigenvalue weighted by molar-refractivity contribution is 0.0908. The maximum atomic E-state index is 13.1. The Hall–Kier alpha value is -3.71. The Labute approximate surface area is 198 Å². The first-order valence-electron chi connectivity index (χ1n) is 11.4. The summed E-state index contributed by atoms with van der Waals surface area (Å²) >= 11 is 0. The molecule has 176 valence electrons. The summed E-state index contributed by atoms with van der Waals surface area (Å²) in [5.74, 6) is -0.475. The number of nitrogens with two attached hydrogens (primary N) is 1. The Bertz CT molecular complexity index is 1140. The first-order chi connectivity index (χ1) is 16.5. The van der Waals surface area contributed by atoms with E-state index in [-0.39, 0.29) is 24.4 Å². The Kier molecular flexibility index (Phi) is 7.54. The van der Waals surface area contributed by atoms with Crippen LogP contribution in [0.2, 0.25) is 0 Å². The molecule has 3 aromatic rings. The third kappa shape index (κ3) is 6.20. The number of para-hydroxylation sites is 1. The van der Waals surface area contributed by atoms with Gasteiger partial charge in [0.2, 0.25) is 0 Å². The zero-order valence-corrected chi connectivity index (χ0v) is 18.9. The number of likely N-dealkylation sites (tertiary alicyclic amines) is 1. The number of primary amides is 1. The fourth-order valence-corrected chi connectivity index (χ4v) is 4.11. The van der Waals surface area contributed by atoms with Gasteiger partial charge >= 0.3 is 0 Å². The van der Waals surface area contributed by atoms with E-state index in [0.717, 1.165) is 43.6 Å². The fraction of sp³-hybridized carbons (Fsp3) is 0.259. The van der Waals surface area contributed by atoms with E-state index in [1.54, 1.807) is 36.4 Å². The molecule has 1 aliphatic rings. The van der Waals surface area contributed by atoms with E-state index in [2.05, 4.69) is 10.2 Å². The van der Waals surface area contributed by atoms with E-state index < -0.39 is 5.91 Å². The molecule has 1 heterocycles. The van der Waals surface area contributed by atoms with Crippen LogP contribution in [0.25, 0.3) is 0 Å². The standard InChI is InChI=1S/C27H28FN3O3/c28-22-10-8-19(9-11-22)17-31-14-12-23(13-15-31)30-27(33)21-5-3-4-20(16-21)18-34-25-7-2-1-6-24(25)26(29)32/h1-11,16,23H,12-15,17-18H2,(H2,29,32)(H,30,33). The van der Waals surface area contributed by atoms with E-state index >= 15 is 0 Å². The van der Waals surface area contributed by atoms with Crippen LogP contribution in [0.3, 0.4) is 0 Å². The quantitative estimate of drug-likeness (QED) is 0.533. The molecule has 1 fully saturated rings. The van der Waals surface area contributed by atoms with E-state index in [0.29, 0.717) is 16.9 Å². The summed E-state index contributed by atoms with van der Waals surface area (Å²) in [5, 5.41) is 3.13. The van der Waals surface area contributed by atoms with Crippen molar-refractivity contribution in [1.82, 2.24) is 10.2 Å². The maximum absolute atomic E-state index is 13.1. The van der Waals surface area contributed by atoms with Gasteiger partial charge in [0, 0.05) is 31.2 Å². The molecule has 0 atom stereocenters. The van der Waals surface area contributed by atoms with Crippen LogP contribution in [-0.2, 0) is 13.2 Å². The molecular formula is C27H28FN3O3. The largest absolute Gasteiger partial charge is 0.488 e. The van der Waals surface area contributed by atoms with Gasteiger partial charge in [-0.3, -0.25) is 14.5 Å². The van der Waals surface area contributed by atoms with Gasteiger partial charge in [0.1, 0.15) is 18.2 Å². The molecule has 0 bridgehead atoms. The highest BCUT2D eigenvalue weighted by Gasteiger charge is 2.21. The summed E-state index contributed by atoms with van der Waals surface area (Å²) in [6.45, 7) is 2.74. The Morgan fingerprint density at radius 3 is 2.44 bits per heavy atom. The van der Waals surface area contributed by atoms with E-state index in [1.165, 1.54) is 12.1 Å². The molecule has 0 spiro atoms. The van der Waals surface area contributed by atoms with Gasteiger partial charge in [-0.05, 0) is 60.4 Å². The number of hydrogen-bond donors (Lipinski definition) is 2. The first-order valence-corrected chi connectivity index (χ1v) is 11.4. The highest BCUT2D eigenvalue weighted by atomic mass is 19.1. The third-order valence-corrected chi connectivity index (χ3v) is 5.98. The van der Waals surface area contributed by atoms with E-state index in [1.807, 2.05) is 24.3 Å². The number of halogens is 1. The molecule has 3 aromatic carbocycles. The number of rotatable bonds is 8. The van der Waals surface area contributed by atoms with Gasteiger partial charge in [-0.25, -0.2) is 4.39 Å². The summed E-state index contributed by atoms with van der Waals surface area (Å²) in [4.78, 5) is 26.7. The van der Waals surface area contributed by atoms with Crippen molar-refractivity contribution in [3.05, 3.63) is 101 Å². The number of carbonyl (C=O) groups is 2. The molecule has 0 saturated carbocycles. The number of carbonyl (C=O) groups excluding carboxylic acids is 2. The van der Waals surface area contributed by atoms with Crippen molar-refractivity contribution in [3.63, 3.8) is 0 Å². The zero-order chi connectivity index (χ0) is 23.9. The summed E-state index contributed by atoms with van der Waals surface area (Å²) in [6, 6.07) is 20.8. The van der Waals surface area contributed by atoms with Crippen LogP contribution in [-0.4, -0.2) is 35.8 Å². The van der Waals surface area contributed by atoms with Crippen molar-refractivity contribution < 1.29 is 18.7 Å². The van der Waals surface area contributed by atoms with Crippen molar-refractivity contribution in [3.8, 4) is 5.75 Å². The van der Waals surface area contributed by atoms with Crippen LogP contribution in [0.4, 0.5) is 4.39 Å². The number of hydrogen-bond acceptors (Lipinski definition) is 4. The van der Waals surface area contributed by atoms with Crippen molar-refractivity contribution in [2.75, 3.05) is 13.1 Å². The van der Waals surface area contributed by atoms with Gasteiger partial charge in [0.25, 0.3) is 11.8 Å². The molecule has 4 rings (SSSR count). The molecule has 34 heavy (non-hydrogen) atoms. The zero-order valence-electron chi connectivity index (χ0n) is 18.9. The molecule has 1 aliphatic heterocycles. The minimum Gasteiger partial charge on any atom is -0.488 e. The maximum Gasteiger partial charge on any atom is 0.252 e. The van der Waals surface area contributed by atoms with E-state index in [9.17, 15) is 14.0 Å². The number of nitrogens with one attached hydrogen (secondary N) is 1. The van der Waals surface area contributed by atoms with Crippen molar-refractivity contribution in [1.29, 1.82) is 0 Å². The molecule has 2 amide bonds. The summed E-state index contributed by atoms with van der Waals surface area (Å²) < 4.78 is 18.9. The third-order valence-electron chi connectivity index (χ3n) is 5.98. The molecule has 1 saturated heterocycles. The predicted octanol–water partition coefficient (Wildman–Crippen LogP) is 3.90. The first kappa shape index (κ1) is 23.4. The highest BCUT2D eigenvalue weighted by Crippen LogP contribution is 2.20. The van der Waals surface area contributed by atoms with Gasteiger partial charge in [-0.15, -0.1) is 0 Å². The minimum absolute atomic E-state index is 0.110. The van der Waals surface area contributed by atoms with Gasteiger partial charge in [0.15, 0.2) is 0 Å². The van der Waals surface area contributed by atoms with Gasteiger partial charge in [-0.2, -0.15) is 0 Å². The molecule has 0 aliphatic carbocycles. The van der Waals surface area contributed by atoms with Gasteiger partial charge in [-0.1, -0.05) is 36.4 Å². The monoisotopic (exact) mass is 461 g/mol. The average molecular weight is 462 g/mol. The molecular weight excluding hydrogens is 433 g/mol. The lowest BCUT2D eigenvalue weighted by Crippen LogP contribution is -2.44. The van der Waals surface area contributed by atoms with Crippen molar-refractivity contribution in [2.45, 2.75) is 32.0 Å². The van der Waals surface area contributed by atoms with Crippen molar-refractivity contribution >= 4 is 11.8 Å². The summed E-state index contributed by atoms with van der Waals surface area (Å²) in [5.41, 5.74) is 8.19. The van der Waals surface area contributed by atoms with Gasteiger partial charge in [0.05, 0.1) is 5.56 Å². The Morgan fingerprint density at radius 2 is 1.71 bits per heavy atom. The highest BCUT2D eigenvalue weighted by molar-refractivity contribution is 5.95. The van der Waals surface area contributed by atoms with Crippen LogP contribution in [0.15, 0.2) is 72.8 Å². The van der Waals surface area contributed by atoms with Crippen LogP contribution in [0.5, 0.6) is 5.75 Å². The lowest BCUT2D eigenvalue weighted by atomic mass is 10.0. The minimum atomic E-state index is -0.549. The van der Waals surface area contributed by atoms with Gasteiger partial charge < -0.3 is 15.8 Å². The Balaban J connectivity index is 1.28. The van der Waals surface area contributed by atoms with Crippen LogP contribution in [0, 0.1) is 5.82 Å². The molecule has 0 aromatic heterocycles. The van der Waals surface area contributed by atoms with Crippen LogP contribution in [0.1, 0.15) is 44.7 Å². The summed E-state index contributed by atoms with van der Waals surface area (Å²) in [7, 11) is 0. The fourth-order valence-electron chi connectivity index (χ4n) is 4.11. The number of amides is 2. The van der Waals surface area contributed by atoms with Crippen LogP contribution < -0.4 is 15.8 Å². The molecule has 0 radical (unpaired) electrons. The lowest BCUT2D eigenvalue weighted by Gasteiger charge is -2.32. The average Bonchev–Trinajstić information content (AvgIpc) is 2.85. The molecule has 3 N–H and O–H groups in total. The number of piperidine rings is 1. The number of nitrogens with zero attached hydrogens (tertiary/aromatic N) is 1. The second-order valence-corrected chi connectivity index (χ2v) is 8.50. The smallest absolute Gasteiger partial charge is 0.252 e. The second kappa shape index (κ2) is 10.9.